The number of amides is 3. The fraction of sp³-hybridized carbons (Fsp3) is 0.591. The first kappa shape index (κ1) is 21.8. The zero-order chi connectivity index (χ0) is 22.0. The number of benzene rings is 1. The van der Waals surface area contributed by atoms with Gasteiger partial charge in [-0.25, -0.2) is 8.78 Å². The summed E-state index contributed by atoms with van der Waals surface area (Å²) in [5, 5.41) is 8.55. The summed E-state index contributed by atoms with van der Waals surface area (Å²) < 4.78 is 28.3. The van der Waals surface area contributed by atoms with Gasteiger partial charge < -0.3 is 15.5 Å². The van der Waals surface area contributed by atoms with Crippen molar-refractivity contribution in [2.45, 2.75) is 57.2 Å². The van der Waals surface area contributed by atoms with Crippen LogP contribution in [0, 0.1) is 5.92 Å². The van der Waals surface area contributed by atoms with E-state index in [0.717, 1.165) is 11.1 Å². The fourth-order valence-electron chi connectivity index (χ4n) is 4.65. The zero-order valence-electron chi connectivity index (χ0n) is 17.4. The first-order valence-electron chi connectivity index (χ1n) is 10.9. The van der Waals surface area contributed by atoms with Crippen LogP contribution < -0.4 is 16.0 Å². The zero-order valence-corrected chi connectivity index (χ0v) is 17.4. The van der Waals surface area contributed by atoms with Crippen LogP contribution >= 0.6 is 0 Å². The summed E-state index contributed by atoms with van der Waals surface area (Å²) >= 11 is 0. The molecule has 1 aromatic rings. The molecular weight excluding hydrogens is 406 g/mol. The van der Waals surface area contributed by atoms with Gasteiger partial charge in [-0.05, 0) is 49.5 Å². The monoisotopic (exact) mass is 434 g/mol. The van der Waals surface area contributed by atoms with E-state index in [1.807, 2.05) is 12.1 Å². The number of alkyl halides is 2. The normalized spacial score (nSPS) is 25.9. The summed E-state index contributed by atoms with van der Waals surface area (Å²) in [7, 11) is 0. The van der Waals surface area contributed by atoms with Gasteiger partial charge in [0.05, 0.1) is 0 Å². The predicted molar refractivity (Wildman–Crippen MR) is 109 cm³/mol. The van der Waals surface area contributed by atoms with Crippen molar-refractivity contribution in [2.24, 2.45) is 5.92 Å². The largest absolute Gasteiger partial charge is 0.322 e. The second-order valence-corrected chi connectivity index (χ2v) is 8.60. The topological polar surface area (TPSA) is 90.5 Å². The second-order valence-electron chi connectivity index (χ2n) is 8.60. The van der Waals surface area contributed by atoms with E-state index in [2.05, 4.69) is 16.0 Å². The first-order valence-corrected chi connectivity index (χ1v) is 10.9. The molecule has 0 aromatic heterocycles. The van der Waals surface area contributed by atoms with Crippen molar-refractivity contribution in [1.29, 1.82) is 0 Å². The molecule has 2 saturated heterocycles. The minimum Gasteiger partial charge on any atom is -0.322 e. The summed E-state index contributed by atoms with van der Waals surface area (Å²) in [5.74, 6) is -4.21. The van der Waals surface area contributed by atoms with Gasteiger partial charge in [-0.3, -0.25) is 19.7 Å². The third-order valence-corrected chi connectivity index (χ3v) is 6.49. The standard InChI is InChI=1S/C22H28F2N4O3/c23-22(24)7-10-25-8-5-16(22)6-9-26-12-14-1-2-15-13-28(21(31)17(15)11-14)18-3-4-19(29)27-20(18)30/h1-2,11,16,18,25-26H,3-10,12-13H2,(H,27,29,30). The van der Waals surface area contributed by atoms with Gasteiger partial charge >= 0.3 is 0 Å². The number of nitrogens with one attached hydrogen (secondary N) is 3. The number of nitrogens with zero attached hydrogens (tertiary/aromatic N) is 1. The van der Waals surface area contributed by atoms with Crippen molar-refractivity contribution in [3.05, 3.63) is 34.9 Å². The van der Waals surface area contributed by atoms with Gasteiger partial charge in [-0.1, -0.05) is 12.1 Å². The smallest absolute Gasteiger partial charge is 0.255 e. The predicted octanol–water partition coefficient (Wildman–Crippen LogP) is 1.56. The number of piperidine rings is 1. The molecule has 2 unspecified atom stereocenters. The van der Waals surface area contributed by atoms with E-state index >= 15 is 0 Å². The van der Waals surface area contributed by atoms with Crippen LogP contribution in [0.1, 0.15) is 53.6 Å². The van der Waals surface area contributed by atoms with Gasteiger partial charge in [-0.2, -0.15) is 0 Å². The molecule has 3 amide bonds. The Hall–Kier alpha value is -2.39. The summed E-state index contributed by atoms with van der Waals surface area (Å²) in [6.07, 6.45) is 1.32. The average molecular weight is 434 g/mol. The lowest BCUT2D eigenvalue weighted by atomic mass is 9.93. The van der Waals surface area contributed by atoms with Crippen LogP contribution in [0.25, 0.3) is 0 Å². The molecule has 31 heavy (non-hydrogen) atoms. The van der Waals surface area contributed by atoms with Crippen LogP contribution in [-0.2, 0) is 22.7 Å². The van der Waals surface area contributed by atoms with Crippen LogP contribution in [0.2, 0.25) is 0 Å². The fourth-order valence-corrected chi connectivity index (χ4v) is 4.65. The highest BCUT2D eigenvalue weighted by Crippen LogP contribution is 2.34. The number of fused-ring (bicyclic) bond motifs is 1. The molecule has 0 bridgehead atoms. The van der Waals surface area contributed by atoms with E-state index in [1.54, 1.807) is 6.07 Å². The van der Waals surface area contributed by atoms with E-state index in [9.17, 15) is 23.2 Å². The molecule has 0 aliphatic carbocycles. The molecular formula is C22H28F2N4O3. The molecule has 3 heterocycles. The van der Waals surface area contributed by atoms with Crippen molar-refractivity contribution >= 4 is 17.7 Å². The number of carbonyl (C=O) groups excluding carboxylic acids is 3. The third kappa shape index (κ3) is 4.77. The van der Waals surface area contributed by atoms with E-state index in [-0.39, 0.29) is 24.7 Å². The maximum Gasteiger partial charge on any atom is 0.255 e. The van der Waals surface area contributed by atoms with Crippen LogP contribution in [-0.4, -0.2) is 54.2 Å². The molecule has 3 N–H and O–H groups in total. The lowest BCUT2D eigenvalue weighted by molar-refractivity contribution is -0.136. The minimum absolute atomic E-state index is 0.117. The maximum atomic E-state index is 14.2. The van der Waals surface area contributed by atoms with Gasteiger partial charge in [0.2, 0.25) is 11.8 Å². The highest BCUT2D eigenvalue weighted by Gasteiger charge is 2.40. The third-order valence-electron chi connectivity index (χ3n) is 6.49. The molecule has 168 valence electrons. The number of hydrogen-bond acceptors (Lipinski definition) is 5. The lowest BCUT2D eigenvalue weighted by Gasteiger charge is -2.29. The van der Waals surface area contributed by atoms with Crippen LogP contribution in [0.4, 0.5) is 8.78 Å². The Bertz CT molecular complexity index is 876. The van der Waals surface area contributed by atoms with Crippen molar-refractivity contribution in [3.8, 4) is 0 Å². The molecule has 7 nitrogen and oxygen atoms in total. The lowest BCUT2D eigenvalue weighted by Crippen LogP contribution is -2.52. The summed E-state index contributed by atoms with van der Waals surface area (Å²) in [5.41, 5.74) is 2.31. The van der Waals surface area contributed by atoms with Gasteiger partial charge in [0, 0.05) is 44.0 Å². The summed E-state index contributed by atoms with van der Waals surface area (Å²) in [6.45, 7) is 2.29. The maximum absolute atomic E-state index is 14.2. The molecule has 9 heteroatoms. The molecule has 0 saturated carbocycles. The van der Waals surface area contributed by atoms with Gasteiger partial charge in [-0.15, -0.1) is 0 Å². The molecule has 3 aliphatic rings. The van der Waals surface area contributed by atoms with Gasteiger partial charge in [0.1, 0.15) is 6.04 Å². The number of imide groups is 1. The number of hydrogen-bond donors (Lipinski definition) is 3. The Morgan fingerprint density at radius 2 is 2.00 bits per heavy atom. The summed E-state index contributed by atoms with van der Waals surface area (Å²) in [4.78, 5) is 37.9. The number of rotatable bonds is 6. The number of halogens is 2. The van der Waals surface area contributed by atoms with Gasteiger partial charge in [0.25, 0.3) is 11.8 Å². The molecule has 1 aromatic carbocycles. The van der Waals surface area contributed by atoms with Crippen LogP contribution in [0.3, 0.4) is 0 Å². The second kappa shape index (κ2) is 9.00. The van der Waals surface area contributed by atoms with E-state index < -0.39 is 23.8 Å². The van der Waals surface area contributed by atoms with E-state index in [0.29, 0.717) is 57.5 Å². The Morgan fingerprint density at radius 3 is 2.81 bits per heavy atom. The van der Waals surface area contributed by atoms with Crippen molar-refractivity contribution < 1.29 is 23.2 Å². The molecule has 2 atom stereocenters. The average Bonchev–Trinajstić information content (AvgIpc) is 2.94. The Kier molecular flexibility index (Phi) is 6.34. The Morgan fingerprint density at radius 1 is 1.16 bits per heavy atom. The molecule has 0 spiro atoms. The van der Waals surface area contributed by atoms with Crippen molar-refractivity contribution in [3.63, 3.8) is 0 Å². The number of carbonyl (C=O) groups is 3. The molecule has 4 rings (SSSR count). The van der Waals surface area contributed by atoms with Crippen LogP contribution in [0.15, 0.2) is 18.2 Å². The Balaban J connectivity index is 1.32. The molecule has 2 fully saturated rings. The summed E-state index contributed by atoms with van der Waals surface area (Å²) in [6, 6.07) is 4.97. The highest BCUT2D eigenvalue weighted by atomic mass is 19.3. The van der Waals surface area contributed by atoms with Crippen molar-refractivity contribution in [1.82, 2.24) is 20.9 Å². The molecule has 3 aliphatic heterocycles. The quantitative estimate of drug-likeness (QED) is 0.467. The molecule has 0 radical (unpaired) electrons. The van der Waals surface area contributed by atoms with Crippen LogP contribution in [0.5, 0.6) is 0 Å². The van der Waals surface area contributed by atoms with E-state index in [4.69, 9.17) is 0 Å². The van der Waals surface area contributed by atoms with E-state index in [1.165, 1.54) is 4.90 Å². The minimum atomic E-state index is -2.63. The Labute approximate surface area is 179 Å². The van der Waals surface area contributed by atoms with Gasteiger partial charge in [0.15, 0.2) is 0 Å². The highest BCUT2D eigenvalue weighted by molar-refractivity contribution is 6.05. The van der Waals surface area contributed by atoms with Crippen molar-refractivity contribution in [2.75, 3.05) is 19.6 Å². The SMILES string of the molecule is O=C1CCC(N2Cc3ccc(CNCCC4CCNCCC4(F)F)cc3C2=O)C(=O)N1. The first-order chi connectivity index (χ1) is 14.8.